The van der Waals surface area contributed by atoms with Gasteiger partial charge in [-0.2, -0.15) is 0 Å². The van der Waals surface area contributed by atoms with Crippen molar-refractivity contribution >= 4 is 11.9 Å². The first-order chi connectivity index (χ1) is 7.29. The minimum absolute atomic E-state index is 0.0131. The Bertz CT molecular complexity index is 287. The summed E-state index contributed by atoms with van der Waals surface area (Å²) in [6.45, 7) is 7.97. The zero-order valence-corrected chi connectivity index (χ0v) is 10.6. The summed E-state index contributed by atoms with van der Waals surface area (Å²) in [5.74, 6) is -0.294. The molecule has 92 valence electrons. The molecule has 1 aliphatic carbocycles. The summed E-state index contributed by atoms with van der Waals surface area (Å²) in [6.07, 6.45) is 1.78. The van der Waals surface area contributed by atoms with Crippen molar-refractivity contribution in [2.24, 2.45) is 5.41 Å². The van der Waals surface area contributed by atoms with E-state index in [-0.39, 0.29) is 18.3 Å². The molecule has 4 heteroatoms. The maximum atomic E-state index is 11.7. The fourth-order valence-electron chi connectivity index (χ4n) is 1.64. The summed E-state index contributed by atoms with van der Waals surface area (Å²) in [4.78, 5) is 23.3. The fourth-order valence-corrected chi connectivity index (χ4v) is 1.64. The van der Waals surface area contributed by atoms with E-state index in [1.807, 2.05) is 27.7 Å². The van der Waals surface area contributed by atoms with Gasteiger partial charge in [-0.05, 0) is 40.5 Å². The quantitative estimate of drug-likeness (QED) is 0.743. The number of amides is 1. The van der Waals surface area contributed by atoms with Crippen molar-refractivity contribution in [1.82, 2.24) is 5.32 Å². The Labute approximate surface area is 96.7 Å². The standard InChI is InChI=1S/C12H21NO3/c1-5-13-10(15)12(6-7-12)8-9(14)16-11(2,3)4/h5-8H2,1-4H3,(H,13,15). The van der Waals surface area contributed by atoms with Crippen LogP contribution in [0.4, 0.5) is 0 Å². The van der Waals surface area contributed by atoms with Gasteiger partial charge in [0.1, 0.15) is 5.60 Å². The molecule has 1 N–H and O–H groups in total. The number of esters is 1. The molecular weight excluding hydrogens is 206 g/mol. The maximum absolute atomic E-state index is 11.7. The predicted molar refractivity (Wildman–Crippen MR) is 60.8 cm³/mol. The molecular formula is C12H21NO3. The topological polar surface area (TPSA) is 55.4 Å². The van der Waals surface area contributed by atoms with Gasteiger partial charge in [0.25, 0.3) is 0 Å². The molecule has 0 spiro atoms. The molecule has 1 rings (SSSR count). The molecule has 1 aliphatic rings. The van der Waals surface area contributed by atoms with E-state index in [0.29, 0.717) is 6.54 Å². The number of hydrogen-bond donors (Lipinski definition) is 1. The molecule has 0 aromatic heterocycles. The van der Waals surface area contributed by atoms with E-state index in [0.717, 1.165) is 12.8 Å². The third-order valence-corrected chi connectivity index (χ3v) is 2.58. The van der Waals surface area contributed by atoms with Gasteiger partial charge in [0.2, 0.25) is 5.91 Å². The zero-order chi connectivity index (χ0) is 12.4. The van der Waals surface area contributed by atoms with Crippen LogP contribution >= 0.6 is 0 Å². The Morgan fingerprint density at radius 1 is 1.31 bits per heavy atom. The molecule has 1 amide bonds. The largest absolute Gasteiger partial charge is 0.460 e. The van der Waals surface area contributed by atoms with Crippen LogP contribution in [0.1, 0.15) is 47.0 Å². The molecule has 4 nitrogen and oxygen atoms in total. The second-order valence-corrected chi connectivity index (χ2v) is 5.40. The van der Waals surface area contributed by atoms with Gasteiger partial charge in [-0.1, -0.05) is 0 Å². The summed E-state index contributed by atoms with van der Waals surface area (Å²) < 4.78 is 5.22. The second-order valence-electron chi connectivity index (χ2n) is 5.40. The number of nitrogens with one attached hydrogen (secondary N) is 1. The predicted octanol–water partition coefficient (Wildman–Crippen LogP) is 1.63. The first-order valence-electron chi connectivity index (χ1n) is 5.79. The lowest BCUT2D eigenvalue weighted by Crippen LogP contribution is -2.35. The van der Waals surface area contributed by atoms with Crippen LogP contribution in [-0.2, 0) is 14.3 Å². The normalized spacial score (nSPS) is 17.8. The summed E-state index contributed by atoms with van der Waals surface area (Å²) in [6, 6.07) is 0. The lowest BCUT2D eigenvalue weighted by molar-refractivity contribution is -0.157. The molecule has 16 heavy (non-hydrogen) atoms. The van der Waals surface area contributed by atoms with Gasteiger partial charge in [0.05, 0.1) is 11.8 Å². The van der Waals surface area contributed by atoms with Gasteiger partial charge in [-0.3, -0.25) is 9.59 Å². The van der Waals surface area contributed by atoms with E-state index in [1.165, 1.54) is 0 Å². The molecule has 0 aromatic carbocycles. The molecule has 0 saturated heterocycles. The summed E-state index contributed by atoms with van der Waals surface area (Å²) in [7, 11) is 0. The van der Waals surface area contributed by atoms with E-state index in [4.69, 9.17) is 4.74 Å². The lowest BCUT2D eigenvalue weighted by Gasteiger charge is -2.21. The summed E-state index contributed by atoms with van der Waals surface area (Å²) in [5, 5.41) is 2.77. The highest BCUT2D eigenvalue weighted by Crippen LogP contribution is 2.49. The zero-order valence-electron chi connectivity index (χ0n) is 10.6. The highest BCUT2D eigenvalue weighted by molar-refractivity contribution is 5.89. The second kappa shape index (κ2) is 4.44. The molecule has 1 saturated carbocycles. The van der Waals surface area contributed by atoms with Crippen LogP contribution in [0, 0.1) is 5.41 Å². The van der Waals surface area contributed by atoms with Gasteiger partial charge in [-0.25, -0.2) is 0 Å². The average Bonchev–Trinajstić information content (AvgIpc) is 2.82. The van der Waals surface area contributed by atoms with Crippen molar-refractivity contribution in [1.29, 1.82) is 0 Å². The number of rotatable bonds is 4. The van der Waals surface area contributed by atoms with Crippen molar-refractivity contribution in [2.75, 3.05) is 6.54 Å². The van der Waals surface area contributed by atoms with Crippen LogP contribution in [0.2, 0.25) is 0 Å². The van der Waals surface area contributed by atoms with Gasteiger partial charge in [0, 0.05) is 6.54 Å². The van der Waals surface area contributed by atoms with Crippen molar-refractivity contribution < 1.29 is 14.3 Å². The van der Waals surface area contributed by atoms with Crippen molar-refractivity contribution in [3.63, 3.8) is 0 Å². The number of carbonyl (C=O) groups excluding carboxylic acids is 2. The third kappa shape index (κ3) is 3.51. The molecule has 1 fully saturated rings. The third-order valence-electron chi connectivity index (χ3n) is 2.58. The lowest BCUT2D eigenvalue weighted by atomic mass is 10.0. The van der Waals surface area contributed by atoms with E-state index >= 15 is 0 Å². The van der Waals surface area contributed by atoms with Crippen LogP contribution in [0.3, 0.4) is 0 Å². The maximum Gasteiger partial charge on any atom is 0.307 e. The minimum Gasteiger partial charge on any atom is -0.460 e. The first kappa shape index (κ1) is 13.0. The molecule has 0 unspecified atom stereocenters. The van der Waals surface area contributed by atoms with Crippen LogP contribution in [0.5, 0.6) is 0 Å². The van der Waals surface area contributed by atoms with E-state index in [1.54, 1.807) is 0 Å². The number of carbonyl (C=O) groups is 2. The molecule has 0 aliphatic heterocycles. The Kier molecular flexibility index (Phi) is 3.61. The van der Waals surface area contributed by atoms with Crippen molar-refractivity contribution in [3.8, 4) is 0 Å². The summed E-state index contributed by atoms with van der Waals surface area (Å²) >= 11 is 0. The molecule has 0 heterocycles. The average molecular weight is 227 g/mol. The first-order valence-corrected chi connectivity index (χ1v) is 5.79. The fraction of sp³-hybridized carbons (Fsp3) is 0.833. The van der Waals surface area contributed by atoms with Gasteiger partial charge in [0.15, 0.2) is 0 Å². The van der Waals surface area contributed by atoms with Crippen LogP contribution < -0.4 is 5.32 Å². The van der Waals surface area contributed by atoms with E-state index in [9.17, 15) is 9.59 Å². The SMILES string of the molecule is CCNC(=O)C1(CC(=O)OC(C)(C)C)CC1. The van der Waals surface area contributed by atoms with E-state index < -0.39 is 11.0 Å². The Morgan fingerprint density at radius 2 is 1.88 bits per heavy atom. The van der Waals surface area contributed by atoms with Crippen LogP contribution in [-0.4, -0.2) is 24.0 Å². The highest BCUT2D eigenvalue weighted by Gasteiger charge is 2.51. The van der Waals surface area contributed by atoms with Crippen molar-refractivity contribution in [3.05, 3.63) is 0 Å². The smallest absolute Gasteiger partial charge is 0.307 e. The van der Waals surface area contributed by atoms with Gasteiger partial charge >= 0.3 is 5.97 Å². The number of ether oxygens (including phenoxy) is 1. The Hall–Kier alpha value is -1.06. The molecule has 0 aromatic rings. The Balaban J connectivity index is 2.48. The number of hydrogen-bond acceptors (Lipinski definition) is 3. The van der Waals surface area contributed by atoms with Gasteiger partial charge < -0.3 is 10.1 Å². The monoisotopic (exact) mass is 227 g/mol. The minimum atomic E-state index is -0.478. The van der Waals surface area contributed by atoms with Crippen molar-refractivity contribution in [2.45, 2.75) is 52.6 Å². The van der Waals surface area contributed by atoms with Crippen LogP contribution in [0.25, 0.3) is 0 Å². The summed E-state index contributed by atoms with van der Waals surface area (Å²) in [5.41, 5.74) is -0.952. The molecule has 0 atom stereocenters. The Morgan fingerprint density at radius 3 is 2.25 bits per heavy atom. The molecule has 0 radical (unpaired) electrons. The van der Waals surface area contributed by atoms with Crippen LogP contribution in [0.15, 0.2) is 0 Å². The van der Waals surface area contributed by atoms with Gasteiger partial charge in [-0.15, -0.1) is 0 Å². The highest BCUT2D eigenvalue weighted by atomic mass is 16.6. The molecule has 0 bridgehead atoms. The van der Waals surface area contributed by atoms with E-state index in [2.05, 4.69) is 5.32 Å².